The minimum Gasteiger partial charge on any atom is -0.469 e. The largest absolute Gasteiger partial charge is 0.469 e. The number of hydrogen-bond acceptors (Lipinski definition) is 6. The number of hydrogen-bond donors (Lipinski definition) is 0. The molecule has 3 rings (SSSR count). The first kappa shape index (κ1) is 18.2. The number of carbonyl (C=O) groups excluding carboxylic acids is 1. The maximum absolute atomic E-state index is 12.4. The molecule has 0 radical (unpaired) electrons. The van der Waals surface area contributed by atoms with E-state index in [1.807, 2.05) is 6.07 Å². The van der Waals surface area contributed by atoms with Crippen molar-refractivity contribution in [3.63, 3.8) is 0 Å². The Labute approximate surface area is 158 Å². The molecule has 134 valence electrons. The van der Waals surface area contributed by atoms with Crippen LogP contribution in [0, 0.1) is 28.4 Å². The van der Waals surface area contributed by atoms with E-state index in [4.69, 9.17) is 20.4 Å². The van der Waals surface area contributed by atoms with Gasteiger partial charge >= 0.3 is 0 Å². The fourth-order valence-corrected chi connectivity index (χ4v) is 2.66. The van der Waals surface area contributed by atoms with Crippen molar-refractivity contribution in [1.29, 1.82) is 5.26 Å². The molecule has 0 spiro atoms. The summed E-state index contributed by atoms with van der Waals surface area (Å²) in [5.74, 6) is 0.325. The zero-order chi connectivity index (χ0) is 19.6. The highest BCUT2D eigenvalue weighted by Crippen LogP contribution is 2.33. The normalized spacial score (nSPS) is 11.2. The number of allylic oxidation sites excluding steroid dienone is 1. The summed E-state index contributed by atoms with van der Waals surface area (Å²) in [5, 5.41) is 20.8. The molecule has 0 fully saturated rings. The Kier molecular flexibility index (Phi) is 4.92. The molecule has 2 heterocycles. The van der Waals surface area contributed by atoms with Crippen molar-refractivity contribution >= 4 is 29.1 Å². The van der Waals surface area contributed by atoms with Gasteiger partial charge in [-0.25, -0.2) is 0 Å². The summed E-state index contributed by atoms with van der Waals surface area (Å²) in [6, 6.07) is 10.5. The molecule has 0 amide bonds. The highest BCUT2D eigenvalue weighted by molar-refractivity contribution is 6.30. The van der Waals surface area contributed by atoms with Gasteiger partial charge in [-0.2, -0.15) is 5.26 Å². The van der Waals surface area contributed by atoms with Crippen molar-refractivity contribution in [2.45, 2.75) is 6.92 Å². The first-order valence-electron chi connectivity index (χ1n) is 7.65. The molecule has 0 aliphatic heterocycles. The third-order valence-corrected chi connectivity index (χ3v) is 4.04. The molecule has 3 aromatic rings. The first-order chi connectivity index (χ1) is 12.9. The third kappa shape index (κ3) is 3.66. The van der Waals surface area contributed by atoms with Crippen molar-refractivity contribution in [2.75, 3.05) is 0 Å². The second kappa shape index (κ2) is 7.32. The van der Waals surface area contributed by atoms with Gasteiger partial charge in [0.25, 0.3) is 5.69 Å². The van der Waals surface area contributed by atoms with Crippen molar-refractivity contribution in [2.24, 2.45) is 0 Å². The average Bonchev–Trinajstić information content (AvgIpc) is 3.28. The van der Waals surface area contributed by atoms with Crippen molar-refractivity contribution in [3.8, 4) is 17.4 Å². The molecule has 7 nitrogen and oxygen atoms in total. The number of nitrogens with zero attached hydrogens (tertiary/aromatic N) is 2. The lowest BCUT2D eigenvalue weighted by atomic mass is 10.0. The molecule has 27 heavy (non-hydrogen) atoms. The minimum atomic E-state index is -0.564. The van der Waals surface area contributed by atoms with Gasteiger partial charge in [0.15, 0.2) is 0 Å². The Balaban J connectivity index is 1.98. The van der Waals surface area contributed by atoms with E-state index in [0.29, 0.717) is 5.76 Å². The van der Waals surface area contributed by atoms with Crippen LogP contribution in [0.25, 0.3) is 17.4 Å². The number of nitro benzene ring substituents is 1. The van der Waals surface area contributed by atoms with Gasteiger partial charge in [0.1, 0.15) is 28.9 Å². The molecule has 2 aromatic heterocycles. The molecular formula is C19H11ClN2O5. The van der Waals surface area contributed by atoms with Gasteiger partial charge in [0, 0.05) is 17.2 Å². The number of nitro groups is 1. The topological polar surface area (TPSA) is 110 Å². The lowest BCUT2D eigenvalue weighted by molar-refractivity contribution is -0.384. The molecule has 0 aliphatic rings. The first-order valence-corrected chi connectivity index (χ1v) is 8.03. The summed E-state index contributed by atoms with van der Waals surface area (Å²) in [6.07, 6.45) is 2.64. The molecule has 0 bridgehead atoms. The lowest BCUT2D eigenvalue weighted by Gasteiger charge is -2.00. The summed E-state index contributed by atoms with van der Waals surface area (Å²) in [4.78, 5) is 23.1. The predicted octanol–water partition coefficient (Wildman–Crippen LogP) is 5.20. The number of aryl methyl sites for hydroxylation is 1. The maximum Gasteiger partial charge on any atom is 0.281 e. The van der Waals surface area contributed by atoms with Crippen LogP contribution in [0.1, 0.15) is 21.9 Å². The lowest BCUT2D eigenvalue weighted by Crippen LogP contribution is -2.01. The Morgan fingerprint density at radius 1 is 1.30 bits per heavy atom. The maximum atomic E-state index is 12.4. The van der Waals surface area contributed by atoms with Crippen LogP contribution in [0.15, 0.2) is 57.1 Å². The van der Waals surface area contributed by atoms with E-state index >= 15 is 0 Å². The standard InChI is InChI=1S/C19H11ClN2O5/c1-11-15(6-7-26-11)19(23)12(10-21)8-14-3-5-18(27-14)16-4-2-13(20)9-17(16)22(24)25/h2-9H,1H3/b12-8+. The molecule has 0 saturated heterocycles. The SMILES string of the molecule is Cc1occc1C(=O)/C(C#N)=C/c1ccc(-c2ccc(Cl)cc2[N+](=O)[O-])o1. The van der Waals surface area contributed by atoms with E-state index in [9.17, 15) is 20.2 Å². The van der Waals surface area contributed by atoms with Gasteiger partial charge in [0.2, 0.25) is 5.78 Å². The Bertz CT molecular complexity index is 1120. The summed E-state index contributed by atoms with van der Waals surface area (Å²) < 4.78 is 10.7. The summed E-state index contributed by atoms with van der Waals surface area (Å²) in [7, 11) is 0. The van der Waals surface area contributed by atoms with Gasteiger partial charge in [-0.1, -0.05) is 11.6 Å². The fraction of sp³-hybridized carbons (Fsp3) is 0.0526. The highest BCUT2D eigenvalue weighted by Gasteiger charge is 2.20. The Morgan fingerprint density at radius 3 is 2.70 bits per heavy atom. The van der Waals surface area contributed by atoms with E-state index in [1.165, 1.54) is 48.7 Å². The number of nitriles is 1. The molecule has 0 saturated carbocycles. The van der Waals surface area contributed by atoms with E-state index in [-0.39, 0.29) is 38.9 Å². The van der Waals surface area contributed by atoms with Gasteiger partial charge in [-0.15, -0.1) is 0 Å². The predicted molar refractivity (Wildman–Crippen MR) is 97.2 cm³/mol. The van der Waals surface area contributed by atoms with Crippen LogP contribution in [-0.4, -0.2) is 10.7 Å². The van der Waals surface area contributed by atoms with Gasteiger partial charge in [0.05, 0.1) is 22.3 Å². The van der Waals surface area contributed by atoms with Crippen LogP contribution in [0.3, 0.4) is 0 Å². The van der Waals surface area contributed by atoms with E-state index < -0.39 is 10.7 Å². The molecule has 0 atom stereocenters. The summed E-state index contributed by atoms with van der Waals surface area (Å²) in [6.45, 7) is 1.62. The number of rotatable bonds is 5. The van der Waals surface area contributed by atoms with Crippen LogP contribution in [0.5, 0.6) is 0 Å². The van der Waals surface area contributed by atoms with Crippen LogP contribution in [-0.2, 0) is 0 Å². The van der Waals surface area contributed by atoms with Crippen LogP contribution in [0.2, 0.25) is 5.02 Å². The van der Waals surface area contributed by atoms with E-state index in [1.54, 1.807) is 6.92 Å². The zero-order valence-corrected chi connectivity index (χ0v) is 14.7. The quantitative estimate of drug-likeness (QED) is 0.197. The number of ketones is 1. The molecule has 0 N–H and O–H groups in total. The molecule has 1 aromatic carbocycles. The zero-order valence-electron chi connectivity index (χ0n) is 13.9. The minimum absolute atomic E-state index is 0.147. The highest BCUT2D eigenvalue weighted by atomic mass is 35.5. The third-order valence-electron chi connectivity index (χ3n) is 3.80. The van der Waals surface area contributed by atoms with Gasteiger partial charge in [-0.05, 0) is 37.3 Å². The van der Waals surface area contributed by atoms with E-state index in [2.05, 4.69) is 0 Å². The molecule has 0 aliphatic carbocycles. The van der Waals surface area contributed by atoms with Crippen LogP contribution in [0.4, 0.5) is 5.69 Å². The van der Waals surface area contributed by atoms with Crippen LogP contribution < -0.4 is 0 Å². The fourth-order valence-electron chi connectivity index (χ4n) is 2.50. The number of halogens is 1. The van der Waals surface area contributed by atoms with Crippen molar-refractivity contribution < 1.29 is 18.6 Å². The van der Waals surface area contributed by atoms with Gasteiger partial charge < -0.3 is 8.83 Å². The molecule has 8 heteroatoms. The number of benzene rings is 1. The average molecular weight is 383 g/mol. The summed E-state index contributed by atoms with van der Waals surface area (Å²) >= 11 is 5.81. The number of Topliss-reactive ketones (excluding diaryl/α,β-unsaturated/α-hetero) is 1. The van der Waals surface area contributed by atoms with E-state index in [0.717, 1.165) is 0 Å². The number of carbonyl (C=O) groups is 1. The Morgan fingerprint density at radius 2 is 2.07 bits per heavy atom. The Hall–Kier alpha value is -3.63. The second-order valence-corrected chi connectivity index (χ2v) is 5.95. The second-order valence-electron chi connectivity index (χ2n) is 5.51. The van der Waals surface area contributed by atoms with Crippen LogP contribution >= 0.6 is 11.6 Å². The summed E-state index contributed by atoms with van der Waals surface area (Å²) in [5.41, 5.74) is 0.159. The van der Waals surface area contributed by atoms with Crippen molar-refractivity contribution in [1.82, 2.24) is 0 Å². The van der Waals surface area contributed by atoms with Crippen molar-refractivity contribution in [3.05, 3.63) is 80.5 Å². The molecule has 0 unspecified atom stereocenters. The molecular weight excluding hydrogens is 372 g/mol. The number of furan rings is 2. The van der Waals surface area contributed by atoms with Gasteiger partial charge in [-0.3, -0.25) is 14.9 Å². The monoisotopic (exact) mass is 382 g/mol. The smallest absolute Gasteiger partial charge is 0.281 e.